The summed E-state index contributed by atoms with van der Waals surface area (Å²) >= 11 is 0. The maximum atomic E-state index is 10.7. The molecule has 0 N–H and O–H groups in total. The third kappa shape index (κ3) is 2.58. The number of rotatable bonds is 3. The molecular weight excluding hydrogens is 264 g/mol. The molecule has 100 valence electrons. The van der Waals surface area contributed by atoms with Gasteiger partial charge in [0, 0.05) is 10.9 Å². The monoisotopic (exact) mass is 274 g/mol. The number of nitrogens with zero attached hydrogens (tertiary/aromatic N) is 2. The molecule has 0 saturated carbocycles. The molecule has 4 nitrogen and oxygen atoms in total. The van der Waals surface area contributed by atoms with Crippen molar-refractivity contribution in [1.82, 2.24) is 4.98 Å². The number of aromatic nitrogens is 1. The van der Waals surface area contributed by atoms with E-state index in [9.17, 15) is 4.79 Å². The average Bonchev–Trinajstić information content (AvgIpc) is 2.55. The fourth-order valence-electron chi connectivity index (χ4n) is 2.03. The Hall–Kier alpha value is -3.19. The maximum absolute atomic E-state index is 10.7. The fraction of sp³-hybridized carbons (Fsp3) is 0. The van der Waals surface area contributed by atoms with Crippen molar-refractivity contribution < 1.29 is 9.53 Å². The predicted molar refractivity (Wildman–Crippen MR) is 78.4 cm³/mol. The summed E-state index contributed by atoms with van der Waals surface area (Å²) in [7, 11) is 0. The Kier molecular flexibility index (Phi) is 3.32. The van der Waals surface area contributed by atoms with Crippen LogP contribution in [0.5, 0.6) is 11.5 Å². The largest absolute Gasteiger partial charge is 0.454 e. The van der Waals surface area contributed by atoms with Crippen LogP contribution in [0.2, 0.25) is 0 Å². The van der Waals surface area contributed by atoms with Crippen LogP contribution in [0.3, 0.4) is 0 Å². The third-order valence-electron chi connectivity index (χ3n) is 3.05. The minimum atomic E-state index is 0.313. The Labute approximate surface area is 121 Å². The Balaban J connectivity index is 1.98. The number of hydrogen-bond acceptors (Lipinski definition) is 4. The number of para-hydroxylation sites is 1. The lowest BCUT2D eigenvalue weighted by molar-refractivity contribution is 0.112. The molecule has 0 aliphatic rings. The Morgan fingerprint density at radius 3 is 2.81 bits per heavy atom. The Morgan fingerprint density at radius 2 is 2.00 bits per heavy atom. The number of aldehydes is 1. The van der Waals surface area contributed by atoms with Crippen molar-refractivity contribution in [3.63, 3.8) is 0 Å². The highest BCUT2D eigenvalue weighted by Gasteiger charge is 2.07. The van der Waals surface area contributed by atoms with Crippen LogP contribution in [-0.2, 0) is 0 Å². The molecular formula is C17H10N2O2. The first-order valence-electron chi connectivity index (χ1n) is 6.32. The van der Waals surface area contributed by atoms with Gasteiger partial charge in [0.25, 0.3) is 0 Å². The molecule has 4 heteroatoms. The molecule has 0 aliphatic carbocycles. The van der Waals surface area contributed by atoms with E-state index in [1.54, 1.807) is 18.3 Å². The summed E-state index contributed by atoms with van der Waals surface area (Å²) in [5.41, 5.74) is 1.63. The van der Waals surface area contributed by atoms with Gasteiger partial charge in [0.1, 0.15) is 23.9 Å². The van der Waals surface area contributed by atoms with Gasteiger partial charge in [-0.3, -0.25) is 9.78 Å². The molecule has 0 fully saturated rings. The van der Waals surface area contributed by atoms with E-state index in [0.29, 0.717) is 28.9 Å². The summed E-state index contributed by atoms with van der Waals surface area (Å²) in [5.74, 6) is 0.948. The second-order valence-corrected chi connectivity index (χ2v) is 4.45. The highest BCUT2D eigenvalue weighted by atomic mass is 16.5. The van der Waals surface area contributed by atoms with Crippen molar-refractivity contribution in [2.45, 2.75) is 0 Å². The number of fused-ring (bicyclic) bond motifs is 1. The van der Waals surface area contributed by atoms with Crippen molar-refractivity contribution in [3.05, 3.63) is 65.9 Å². The van der Waals surface area contributed by atoms with Gasteiger partial charge in [-0.2, -0.15) is 5.26 Å². The topological polar surface area (TPSA) is 63.0 Å². The Morgan fingerprint density at radius 1 is 1.14 bits per heavy atom. The predicted octanol–water partition coefficient (Wildman–Crippen LogP) is 3.71. The van der Waals surface area contributed by atoms with Crippen molar-refractivity contribution in [2.24, 2.45) is 0 Å². The number of pyridine rings is 1. The molecule has 0 amide bonds. The van der Waals surface area contributed by atoms with E-state index in [1.807, 2.05) is 36.4 Å². The minimum absolute atomic E-state index is 0.313. The van der Waals surface area contributed by atoms with Gasteiger partial charge in [0.2, 0.25) is 0 Å². The summed E-state index contributed by atoms with van der Waals surface area (Å²) in [5, 5.41) is 10.1. The van der Waals surface area contributed by atoms with Gasteiger partial charge >= 0.3 is 0 Å². The van der Waals surface area contributed by atoms with Crippen LogP contribution < -0.4 is 4.74 Å². The summed E-state index contributed by atoms with van der Waals surface area (Å²) in [6, 6.07) is 16.3. The van der Waals surface area contributed by atoms with Crippen LogP contribution in [0.1, 0.15) is 15.9 Å². The zero-order valence-corrected chi connectivity index (χ0v) is 11.0. The van der Waals surface area contributed by atoms with E-state index >= 15 is 0 Å². The number of hydrogen-bond donors (Lipinski definition) is 0. The van der Waals surface area contributed by atoms with Crippen LogP contribution in [0.15, 0.2) is 54.7 Å². The zero-order chi connectivity index (χ0) is 14.7. The van der Waals surface area contributed by atoms with E-state index < -0.39 is 0 Å². The van der Waals surface area contributed by atoms with E-state index in [1.165, 1.54) is 6.07 Å². The summed E-state index contributed by atoms with van der Waals surface area (Å²) in [4.78, 5) is 15.0. The molecule has 0 spiro atoms. The molecule has 0 aliphatic heterocycles. The fourth-order valence-corrected chi connectivity index (χ4v) is 2.03. The van der Waals surface area contributed by atoms with Crippen LogP contribution in [-0.4, -0.2) is 11.3 Å². The van der Waals surface area contributed by atoms with Crippen molar-refractivity contribution >= 4 is 17.2 Å². The second kappa shape index (κ2) is 5.43. The average molecular weight is 274 g/mol. The van der Waals surface area contributed by atoms with Crippen molar-refractivity contribution in [2.75, 3.05) is 0 Å². The van der Waals surface area contributed by atoms with Gasteiger partial charge in [0.15, 0.2) is 0 Å². The third-order valence-corrected chi connectivity index (χ3v) is 3.05. The molecule has 0 radical (unpaired) electrons. The van der Waals surface area contributed by atoms with Gasteiger partial charge in [0.05, 0.1) is 17.3 Å². The summed E-state index contributed by atoms with van der Waals surface area (Å²) < 4.78 is 5.71. The number of carbonyl (C=O) groups excluding carboxylic acids is 1. The van der Waals surface area contributed by atoms with Gasteiger partial charge in [-0.05, 0) is 30.3 Å². The van der Waals surface area contributed by atoms with E-state index in [4.69, 9.17) is 10.00 Å². The van der Waals surface area contributed by atoms with Gasteiger partial charge in [-0.15, -0.1) is 0 Å². The lowest BCUT2D eigenvalue weighted by Gasteiger charge is -2.08. The lowest BCUT2D eigenvalue weighted by Crippen LogP contribution is -1.91. The molecule has 3 aromatic rings. The van der Waals surface area contributed by atoms with Crippen LogP contribution in [0.4, 0.5) is 0 Å². The van der Waals surface area contributed by atoms with E-state index in [2.05, 4.69) is 4.98 Å². The molecule has 0 bridgehead atoms. The standard InChI is InChI=1S/C17H10N2O2/c18-9-14-7-12(11-20)5-6-17(14)21-15-8-13-3-1-2-4-16(13)19-10-15/h1-8,10-11H. The summed E-state index contributed by atoms with van der Waals surface area (Å²) in [6.45, 7) is 0. The van der Waals surface area contributed by atoms with Crippen molar-refractivity contribution in [1.29, 1.82) is 5.26 Å². The molecule has 21 heavy (non-hydrogen) atoms. The normalized spacial score (nSPS) is 10.0. The highest BCUT2D eigenvalue weighted by Crippen LogP contribution is 2.27. The summed E-state index contributed by atoms with van der Waals surface area (Å²) in [6.07, 6.45) is 2.30. The molecule has 1 aromatic heterocycles. The van der Waals surface area contributed by atoms with Gasteiger partial charge in [-0.1, -0.05) is 18.2 Å². The van der Waals surface area contributed by atoms with Crippen molar-refractivity contribution in [3.8, 4) is 17.6 Å². The van der Waals surface area contributed by atoms with E-state index in [0.717, 1.165) is 10.9 Å². The molecule has 0 unspecified atom stereocenters. The SMILES string of the molecule is N#Cc1cc(C=O)ccc1Oc1cnc2ccccc2c1. The van der Waals surface area contributed by atoms with Crippen LogP contribution in [0, 0.1) is 11.3 Å². The first-order chi connectivity index (χ1) is 10.3. The smallest absolute Gasteiger partial charge is 0.150 e. The second-order valence-electron chi connectivity index (χ2n) is 4.45. The number of carbonyl (C=O) groups is 1. The van der Waals surface area contributed by atoms with Gasteiger partial charge in [-0.25, -0.2) is 0 Å². The molecule has 0 atom stereocenters. The van der Waals surface area contributed by atoms with Crippen LogP contribution >= 0.6 is 0 Å². The highest BCUT2D eigenvalue weighted by molar-refractivity contribution is 5.79. The first-order valence-corrected chi connectivity index (χ1v) is 6.32. The molecule has 3 rings (SSSR count). The van der Waals surface area contributed by atoms with E-state index in [-0.39, 0.29) is 0 Å². The van der Waals surface area contributed by atoms with Gasteiger partial charge < -0.3 is 4.74 Å². The number of ether oxygens (including phenoxy) is 1. The number of benzene rings is 2. The first kappa shape index (κ1) is 12.8. The molecule has 0 saturated heterocycles. The maximum Gasteiger partial charge on any atom is 0.150 e. The molecule has 1 heterocycles. The minimum Gasteiger partial charge on any atom is -0.454 e. The number of nitriles is 1. The Bertz CT molecular complexity index is 866. The molecule has 2 aromatic carbocycles. The lowest BCUT2D eigenvalue weighted by atomic mass is 10.1. The quantitative estimate of drug-likeness (QED) is 0.683. The van der Waals surface area contributed by atoms with Crippen LogP contribution in [0.25, 0.3) is 10.9 Å². The zero-order valence-electron chi connectivity index (χ0n) is 11.0.